The van der Waals surface area contributed by atoms with Crippen LogP contribution in [0.4, 0.5) is 8.78 Å². The molecular formula is C25H32ClF2NO3. The van der Waals surface area contributed by atoms with Gasteiger partial charge in [-0.2, -0.15) is 0 Å². The number of rotatable bonds is 7. The van der Waals surface area contributed by atoms with Crippen molar-refractivity contribution in [2.24, 2.45) is 11.7 Å². The van der Waals surface area contributed by atoms with Gasteiger partial charge in [0.15, 0.2) is 0 Å². The molecule has 1 saturated heterocycles. The third-order valence-electron chi connectivity index (χ3n) is 5.88. The van der Waals surface area contributed by atoms with Crippen LogP contribution in [-0.4, -0.2) is 30.8 Å². The van der Waals surface area contributed by atoms with Crippen LogP contribution < -0.4 is 5.73 Å². The zero-order chi connectivity index (χ0) is 22.2. The fourth-order valence-electron chi connectivity index (χ4n) is 4.20. The van der Waals surface area contributed by atoms with Crippen molar-refractivity contribution in [3.63, 3.8) is 0 Å². The highest BCUT2D eigenvalue weighted by Gasteiger charge is 2.33. The molecular weight excluding hydrogens is 436 g/mol. The fourth-order valence-corrected chi connectivity index (χ4v) is 4.20. The van der Waals surface area contributed by atoms with Gasteiger partial charge in [-0.25, -0.2) is 8.78 Å². The van der Waals surface area contributed by atoms with Crippen molar-refractivity contribution in [3.8, 4) is 0 Å². The SMILES string of the molecule is C[C@@H]1OC(=O)[C@@H](N)CCC[C@H](Cc2ccc(F)cc2F)[C@H]1OCCCc1ccccc1.Cl. The Labute approximate surface area is 194 Å². The molecule has 1 fully saturated rings. The minimum atomic E-state index is -0.664. The Balaban J connectivity index is 0.00000363. The number of cyclic esters (lactones) is 1. The minimum Gasteiger partial charge on any atom is -0.459 e. The summed E-state index contributed by atoms with van der Waals surface area (Å²) in [7, 11) is 0. The molecule has 176 valence electrons. The summed E-state index contributed by atoms with van der Waals surface area (Å²) in [6.45, 7) is 2.29. The molecule has 3 rings (SSSR count). The van der Waals surface area contributed by atoms with Crippen molar-refractivity contribution in [1.82, 2.24) is 0 Å². The lowest BCUT2D eigenvalue weighted by atomic mass is 9.86. The maximum absolute atomic E-state index is 14.3. The van der Waals surface area contributed by atoms with Gasteiger partial charge in [0.05, 0.1) is 6.10 Å². The molecule has 1 aliphatic rings. The summed E-state index contributed by atoms with van der Waals surface area (Å²) in [6.07, 6.45) is 3.11. The van der Waals surface area contributed by atoms with E-state index in [9.17, 15) is 13.6 Å². The maximum atomic E-state index is 14.3. The Hall–Kier alpha value is -2.02. The second-order valence-corrected chi connectivity index (χ2v) is 8.30. The number of ether oxygens (including phenoxy) is 2. The molecule has 7 heteroatoms. The number of carbonyl (C=O) groups is 1. The van der Waals surface area contributed by atoms with Gasteiger partial charge >= 0.3 is 5.97 Å². The average molecular weight is 468 g/mol. The quantitative estimate of drug-likeness (QED) is 0.459. The molecule has 2 aromatic rings. The van der Waals surface area contributed by atoms with Crippen LogP contribution in [0.1, 0.15) is 43.7 Å². The molecule has 1 heterocycles. The predicted molar refractivity (Wildman–Crippen MR) is 123 cm³/mol. The van der Waals surface area contributed by atoms with Crippen molar-refractivity contribution in [3.05, 3.63) is 71.3 Å². The summed E-state index contributed by atoms with van der Waals surface area (Å²) in [4.78, 5) is 12.2. The van der Waals surface area contributed by atoms with Crippen LogP contribution in [0.15, 0.2) is 48.5 Å². The Bertz CT molecular complexity index is 852. The number of halogens is 3. The van der Waals surface area contributed by atoms with E-state index in [1.165, 1.54) is 17.7 Å². The van der Waals surface area contributed by atoms with E-state index in [-0.39, 0.29) is 18.3 Å². The van der Waals surface area contributed by atoms with Gasteiger partial charge in [-0.3, -0.25) is 4.79 Å². The predicted octanol–water partition coefficient (Wildman–Crippen LogP) is 5.01. The average Bonchev–Trinajstić information content (AvgIpc) is 2.79. The molecule has 4 nitrogen and oxygen atoms in total. The van der Waals surface area contributed by atoms with Gasteiger partial charge in [-0.05, 0) is 62.1 Å². The third-order valence-corrected chi connectivity index (χ3v) is 5.88. The van der Waals surface area contributed by atoms with Gasteiger partial charge in [-0.1, -0.05) is 42.8 Å². The fraction of sp³-hybridized carbons (Fsp3) is 0.480. The van der Waals surface area contributed by atoms with E-state index in [0.717, 1.165) is 25.3 Å². The summed E-state index contributed by atoms with van der Waals surface area (Å²) in [5, 5.41) is 0. The van der Waals surface area contributed by atoms with Crippen molar-refractivity contribution < 1.29 is 23.0 Å². The molecule has 0 unspecified atom stereocenters. The van der Waals surface area contributed by atoms with Gasteiger partial charge in [0.1, 0.15) is 23.8 Å². The van der Waals surface area contributed by atoms with Crippen LogP contribution in [0.2, 0.25) is 0 Å². The molecule has 0 amide bonds. The molecule has 4 atom stereocenters. The van der Waals surface area contributed by atoms with Crippen LogP contribution >= 0.6 is 12.4 Å². The van der Waals surface area contributed by atoms with Gasteiger partial charge in [-0.15, -0.1) is 12.4 Å². The standard InChI is InChI=1S/C25H31F2NO3.ClH/c1-17-24(30-14-6-9-18-7-3-2-4-8-18)20(10-5-11-23(28)25(29)31-17)15-19-12-13-21(26)16-22(19)27;/h2-4,7-8,12-13,16-17,20,23-24H,5-6,9-11,14-15,28H2,1H3;1H/t17-,20+,23-,24-;/m0./s1. The summed E-state index contributed by atoms with van der Waals surface area (Å²) in [6, 6.07) is 13.1. The third kappa shape index (κ3) is 7.54. The summed E-state index contributed by atoms with van der Waals surface area (Å²) >= 11 is 0. The second kappa shape index (κ2) is 12.9. The second-order valence-electron chi connectivity index (χ2n) is 8.30. The summed E-state index contributed by atoms with van der Waals surface area (Å²) < 4.78 is 39.5. The molecule has 0 aromatic heterocycles. The van der Waals surface area contributed by atoms with E-state index in [2.05, 4.69) is 12.1 Å². The molecule has 1 aliphatic heterocycles. The first kappa shape index (κ1) is 26.2. The first-order valence-electron chi connectivity index (χ1n) is 11.0. The normalized spacial score (nSPS) is 23.9. The van der Waals surface area contributed by atoms with Crippen molar-refractivity contribution in [1.29, 1.82) is 0 Å². The number of benzene rings is 2. The van der Waals surface area contributed by atoms with Gasteiger partial charge in [0.2, 0.25) is 0 Å². The first-order chi connectivity index (χ1) is 14.9. The maximum Gasteiger partial charge on any atom is 0.323 e. The number of hydrogen-bond donors (Lipinski definition) is 1. The van der Waals surface area contributed by atoms with E-state index in [4.69, 9.17) is 15.2 Å². The molecule has 0 bridgehead atoms. The zero-order valence-electron chi connectivity index (χ0n) is 18.3. The molecule has 0 saturated carbocycles. The van der Waals surface area contributed by atoms with E-state index >= 15 is 0 Å². The lowest BCUT2D eigenvalue weighted by molar-refractivity contribution is -0.160. The number of carbonyl (C=O) groups excluding carboxylic acids is 1. The van der Waals surface area contributed by atoms with Crippen molar-refractivity contribution in [2.75, 3.05) is 6.61 Å². The first-order valence-corrected chi connectivity index (χ1v) is 11.0. The Kier molecular flexibility index (Phi) is 10.6. The molecule has 32 heavy (non-hydrogen) atoms. The number of aryl methyl sites for hydroxylation is 1. The van der Waals surface area contributed by atoms with Crippen molar-refractivity contribution in [2.45, 2.75) is 63.7 Å². The van der Waals surface area contributed by atoms with E-state index in [1.807, 2.05) is 18.2 Å². The van der Waals surface area contributed by atoms with E-state index in [1.54, 1.807) is 6.92 Å². The topological polar surface area (TPSA) is 61.5 Å². The van der Waals surface area contributed by atoms with E-state index < -0.39 is 35.9 Å². The molecule has 0 spiro atoms. The largest absolute Gasteiger partial charge is 0.459 e. The Morgan fingerprint density at radius 1 is 1.12 bits per heavy atom. The molecule has 0 radical (unpaired) electrons. The highest BCUT2D eigenvalue weighted by atomic mass is 35.5. The number of hydrogen-bond acceptors (Lipinski definition) is 4. The Morgan fingerprint density at radius 3 is 2.59 bits per heavy atom. The van der Waals surface area contributed by atoms with E-state index in [0.29, 0.717) is 31.4 Å². The monoisotopic (exact) mass is 467 g/mol. The highest BCUT2D eigenvalue weighted by molar-refractivity contribution is 5.85. The van der Waals surface area contributed by atoms with Crippen LogP contribution in [0.3, 0.4) is 0 Å². The van der Waals surface area contributed by atoms with Gasteiger partial charge in [0, 0.05) is 12.7 Å². The zero-order valence-corrected chi connectivity index (χ0v) is 19.2. The number of esters is 1. The van der Waals surface area contributed by atoms with Crippen LogP contribution in [0.5, 0.6) is 0 Å². The molecule has 2 N–H and O–H groups in total. The molecule has 2 aromatic carbocycles. The van der Waals surface area contributed by atoms with Crippen LogP contribution in [-0.2, 0) is 27.1 Å². The van der Waals surface area contributed by atoms with Crippen LogP contribution in [0.25, 0.3) is 0 Å². The Morgan fingerprint density at radius 2 is 1.88 bits per heavy atom. The minimum absolute atomic E-state index is 0. The summed E-state index contributed by atoms with van der Waals surface area (Å²) in [5.74, 6) is -1.68. The van der Waals surface area contributed by atoms with Gasteiger partial charge in [0.25, 0.3) is 0 Å². The highest BCUT2D eigenvalue weighted by Crippen LogP contribution is 2.28. The summed E-state index contributed by atoms with van der Waals surface area (Å²) in [5.41, 5.74) is 7.60. The lowest BCUT2D eigenvalue weighted by Crippen LogP contribution is -2.41. The smallest absolute Gasteiger partial charge is 0.323 e. The molecule has 0 aliphatic carbocycles. The number of nitrogens with two attached hydrogens (primary N) is 1. The lowest BCUT2D eigenvalue weighted by Gasteiger charge is -2.31. The van der Waals surface area contributed by atoms with Crippen LogP contribution in [0, 0.1) is 17.6 Å². The van der Waals surface area contributed by atoms with Crippen molar-refractivity contribution >= 4 is 18.4 Å². The van der Waals surface area contributed by atoms with Gasteiger partial charge < -0.3 is 15.2 Å².